The fourth-order valence-electron chi connectivity index (χ4n) is 3.10. The number of hydrogen-bond acceptors (Lipinski definition) is 4. The van der Waals surface area contributed by atoms with Gasteiger partial charge in [0.15, 0.2) is 5.60 Å². The van der Waals surface area contributed by atoms with E-state index in [0.717, 1.165) is 19.1 Å². The van der Waals surface area contributed by atoms with E-state index in [4.69, 9.17) is 0 Å². The Labute approximate surface area is 122 Å². The first kappa shape index (κ1) is 17.0. The Morgan fingerprint density at radius 2 is 2.00 bits per heavy atom. The molecular weight excluding hydrogens is 309 g/mol. The topological polar surface area (TPSA) is 60.9 Å². The van der Waals surface area contributed by atoms with Gasteiger partial charge in [-0.15, -0.1) is 0 Å². The molecule has 5 nitrogen and oxygen atoms in total. The van der Waals surface area contributed by atoms with Crippen LogP contribution in [0.2, 0.25) is 0 Å². The predicted molar refractivity (Wildman–Crippen MR) is 71.2 cm³/mol. The molecule has 124 valence electrons. The van der Waals surface area contributed by atoms with E-state index in [-0.39, 0.29) is 18.9 Å². The second kappa shape index (κ2) is 5.68. The summed E-state index contributed by atoms with van der Waals surface area (Å²) in [4.78, 5) is 1.59. The monoisotopic (exact) mass is 330 g/mol. The average molecular weight is 330 g/mol. The molecule has 0 spiro atoms. The zero-order chi connectivity index (χ0) is 15.9. The first-order valence-corrected chi connectivity index (χ1v) is 8.83. The summed E-state index contributed by atoms with van der Waals surface area (Å²) in [6.45, 7) is 0.975. The van der Waals surface area contributed by atoms with Crippen LogP contribution in [0.15, 0.2) is 0 Å². The number of β-amino-alcohol motifs (C(OH)–C–C–N with tert-alkyl or cyclic N) is 1. The van der Waals surface area contributed by atoms with E-state index in [1.54, 1.807) is 4.90 Å². The molecule has 2 rings (SSSR count). The summed E-state index contributed by atoms with van der Waals surface area (Å²) >= 11 is 0. The minimum atomic E-state index is -4.62. The van der Waals surface area contributed by atoms with Gasteiger partial charge in [-0.2, -0.15) is 13.2 Å². The standard InChI is InChI=1S/C12H21F3N2O3S/c1-21(19,20)17-5-2-3-10(8-17)7-16-6-4-11(18,9-16)12(13,14)15/h10,18H,2-9H2,1H3/t10-,11+/m1/s1. The lowest BCUT2D eigenvalue weighted by Crippen LogP contribution is -2.48. The minimum Gasteiger partial charge on any atom is -0.379 e. The summed E-state index contributed by atoms with van der Waals surface area (Å²) in [5.41, 5.74) is -2.63. The van der Waals surface area contributed by atoms with Crippen LogP contribution in [0.3, 0.4) is 0 Å². The number of piperidine rings is 1. The average Bonchev–Trinajstić information content (AvgIpc) is 2.71. The van der Waals surface area contributed by atoms with E-state index in [1.165, 1.54) is 4.31 Å². The molecule has 0 aliphatic carbocycles. The van der Waals surface area contributed by atoms with Gasteiger partial charge in [0.2, 0.25) is 10.0 Å². The quantitative estimate of drug-likeness (QED) is 0.826. The molecule has 21 heavy (non-hydrogen) atoms. The zero-order valence-corrected chi connectivity index (χ0v) is 12.8. The molecule has 2 heterocycles. The smallest absolute Gasteiger partial charge is 0.379 e. The largest absolute Gasteiger partial charge is 0.418 e. The van der Waals surface area contributed by atoms with Crippen LogP contribution in [-0.2, 0) is 10.0 Å². The number of aliphatic hydroxyl groups is 1. The Morgan fingerprint density at radius 3 is 2.52 bits per heavy atom. The lowest BCUT2D eigenvalue weighted by Gasteiger charge is -2.33. The van der Waals surface area contributed by atoms with Gasteiger partial charge in [-0.25, -0.2) is 12.7 Å². The van der Waals surface area contributed by atoms with E-state index in [1.807, 2.05) is 0 Å². The van der Waals surface area contributed by atoms with Crippen LogP contribution in [0.5, 0.6) is 0 Å². The van der Waals surface area contributed by atoms with Gasteiger partial charge in [0.05, 0.1) is 6.26 Å². The van der Waals surface area contributed by atoms with Crippen molar-refractivity contribution in [3.63, 3.8) is 0 Å². The van der Waals surface area contributed by atoms with E-state index < -0.39 is 28.3 Å². The van der Waals surface area contributed by atoms with Gasteiger partial charge < -0.3 is 5.11 Å². The van der Waals surface area contributed by atoms with Crippen LogP contribution in [0.1, 0.15) is 19.3 Å². The molecule has 0 saturated carbocycles. The third kappa shape index (κ3) is 3.88. The van der Waals surface area contributed by atoms with Gasteiger partial charge in [0.25, 0.3) is 0 Å². The number of nitrogens with zero attached hydrogens (tertiary/aromatic N) is 2. The molecule has 2 saturated heterocycles. The van der Waals surface area contributed by atoms with Gasteiger partial charge in [-0.3, -0.25) is 4.90 Å². The van der Waals surface area contributed by atoms with Crippen molar-refractivity contribution in [2.45, 2.75) is 31.0 Å². The number of hydrogen-bond donors (Lipinski definition) is 1. The third-order valence-corrected chi connectivity index (χ3v) is 5.59. The fraction of sp³-hybridized carbons (Fsp3) is 1.00. The summed E-state index contributed by atoms with van der Waals surface area (Å²) in [5.74, 6) is 0.0176. The van der Waals surface area contributed by atoms with E-state index in [0.29, 0.717) is 19.6 Å². The lowest BCUT2D eigenvalue weighted by molar-refractivity contribution is -0.254. The van der Waals surface area contributed by atoms with Gasteiger partial charge in [0, 0.05) is 32.7 Å². The van der Waals surface area contributed by atoms with Crippen LogP contribution in [-0.4, -0.2) is 73.5 Å². The molecule has 0 aromatic heterocycles. The van der Waals surface area contributed by atoms with Crippen LogP contribution in [0.25, 0.3) is 0 Å². The van der Waals surface area contributed by atoms with Gasteiger partial charge >= 0.3 is 6.18 Å². The van der Waals surface area contributed by atoms with Crippen molar-refractivity contribution in [3.05, 3.63) is 0 Å². The van der Waals surface area contributed by atoms with Gasteiger partial charge in [-0.1, -0.05) is 0 Å². The van der Waals surface area contributed by atoms with Crippen molar-refractivity contribution in [2.75, 3.05) is 39.0 Å². The van der Waals surface area contributed by atoms with E-state index >= 15 is 0 Å². The molecule has 0 aromatic carbocycles. The van der Waals surface area contributed by atoms with Crippen LogP contribution >= 0.6 is 0 Å². The molecular formula is C12H21F3N2O3S. The Bertz CT molecular complexity index is 483. The molecule has 0 aromatic rings. The molecule has 0 unspecified atom stereocenters. The number of alkyl halides is 3. The number of sulfonamides is 1. The summed E-state index contributed by atoms with van der Waals surface area (Å²) < 4.78 is 62.7. The second-order valence-electron chi connectivity index (χ2n) is 6.14. The van der Waals surface area contributed by atoms with Crippen molar-refractivity contribution in [1.82, 2.24) is 9.21 Å². The maximum absolute atomic E-state index is 12.8. The molecule has 2 aliphatic rings. The zero-order valence-electron chi connectivity index (χ0n) is 11.9. The highest BCUT2D eigenvalue weighted by atomic mass is 32.2. The minimum absolute atomic E-state index is 0.0176. The lowest BCUT2D eigenvalue weighted by atomic mass is 9.99. The van der Waals surface area contributed by atoms with Crippen molar-refractivity contribution >= 4 is 10.0 Å². The summed E-state index contributed by atoms with van der Waals surface area (Å²) in [7, 11) is -3.25. The van der Waals surface area contributed by atoms with Crippen molar-refractivity contribution in [3.8, 4) is 0 Å². The molecule has 2 atom stereocenters. The van der Waals surface area contributed by atoms with Gasteiger partial charge in [-0.05, 0) is 25.2 Å². The van der Waals surface area contributed by atoms with Gasteiger partial charge in [0.1, 0.15) is 0 Å². The number of likely N-dealkylation sites (tertiary alicyclic amines) is 1. The molecule has 2 aliphatic heterocycles. The number of rotatable bonds is 3. The SMILES string of the molecule is CS(=O)(=O)N1CCC[C@H](CN2CC[C@@](O)(C(F)(F)F)C2)C1. The summed E-state index contributed by atoms with van der Waals surface area (Å²) in [6, 6.07) is 0. The first-order valence-electron chi connectivity index (χ1n) is 6.98. The predicted octanol–water partition coefficient (Wildman–Crippen LogP) is 0.657. The van der Waals surface area contributed by atoms with Crippen molar-refractivity contribution in [2.24, 2.45) is 5.92 Å². The normalized spacial score (nSPS) is 33.5. The summed E-state index contributed by atoms with van der Waals surface area (Å²) in [6.07, 6.45) is -2.28. The Balaban J connectivity index is 1.92. The summed E-state index contributed by atoms with van der Waals surface area (Å²) in [5, 5.41) is 9.64. The highest BCUT2D eigenvalue weighted by Gasteiger charge is 2.57. The molecule has 0 radical (unpaired) electrons. The van der Waals surface area contributed by atoms with Crippen molar-refractivity contribution < 1.29 is 26.7 Å². The Kier molecular flexibility index (Phi) is 4.59. The van der Waals surface area contributed by atoms with Crippen LogP contribution < -0.4 is 0 Å². The second-order valence-corrected chi connectivity index (χ2v) is 8.13. The Hall–Kier alpha value is -0.380. The highest BCUT2D eigenvalue weighted by molar-refractivity contribution is 7.88. The van der Waals surface area contributed by atoms with E-state index in [9.17, 15) is 26.7 Å². The first-order chi connectivity index (χ1) is 9.51. The maximum atomic E-state index is 12.8. The Morgan fingerprint density at radius 1 is 1.33 bits per heavy atom. The maximum Gasteiger partial charge on any atom is 0.418 e. The van der Waals surface area contributed by atoms with Crippen molar-refractivity contribution in [1.29, 1.82) is 0 Å². The highest BCUT2D eigenvalue weighted by Crippen LogP contribution is 2.38. The van der Waals surface area contributed by atoms with E-state index in [2.05, 4.69) is 0 Å². The number of halogens is 3. The fourth-order valence-corrected chi connectivity index (χ4v) is 4.04. The molecule has 0 bridgehead atoms. The molecule has 1 N–H and O–H groups in total. The van der Waals surface area contributed by atoms with Crippen LogP contribution in [0, 0.1) is 5.92 Å². The third-order valence-electron chi connectivity index (χ3n) is 4.32. The molecule has 0 amide bonds. The van der Waals surface area contributed by atoms with Crippen LogP contribution in [0.4, 0.5) is 13.2 Å². The molecule has 9 heteroatoms. The molecule has 2 fully saturated rings.